The van der Waals surface area contributed by atoms with Crippen LogP contribution >= 0.6 is 0 Å². The zero-order valence-corrected chi connectivity index (χ0v) is 14.1. The van der Waals surface area contributed by atoms with Gasteiger partial charge in [0, 0.05) is 17.4 Å². The van der Waals surface area contributed by atoms with Gasteiger partial charge in [0.1, 0.15) is 0 Å². The summed E-state index contributed by atoms with van der Waals surface area (Å²) in [5.41, 5.74) is 2.32. The van der Waals surface area contributed by atoms with Crippen molar-refractivity contribution in [3.8, 4) is 12.3 Å². The minimum absolute atomic E-state index is 0.00350. The third-order valence-corrected chi connectivity index (χ3v) is 7.71. The number of allylic oxidation sites excluding steroid dienone is 3. The first kappa shape index (κ1) is 15.2. The van der Waals surface area contributed by atoms with Crippen molar-refractivity contribution in [1.29, 1.82) is 0 Å². The van der Waals surface area contributed by atoms with Crippen LogP contribution in [-0.4, -0.2) is 17.0 Å². The number of hydrogen-bond donors (Lipinski definition) is 1. The molecule has 122 valence electrons. The lowest BCUT2D eigenvalue weighted by Crippen LogP contribution is -2.53. The van der Waals surface area contributed by atoms with Gasteiger partial charge in [-0.3, -0.25) is 4.79 Å². The Kier molecular flexibility index (Phi) is 3.20. The van der Waals surface area contributed by atoms with Crippen LogP contribution in [0.3, 0.4) is 0 Å². The van der Waals surface area contributed by atoms with Crippen LogP contribution in [0.4, 0.5) is 0 Å². The van der Waals surface area contributed by atoms with Crippen molar-refractivity contribution in [3.05, 3.63) is 23.3 Å². The molecule has 0 aromatic heterocycles. The van der Waals surface area contributed by atoms with Gasteiger partial charge in [0.25, 0.3) is 0 Å². The Morgan fingerprint density at radius 3 is 2.78 bits per heavy atom. The number of fused-ring (bicyclic) bond motifs is 5. The Labute approximate surface area is 139 Å². The first-order chi connectivity index (χ1) is 10.9. The quantitative estimate of drug-likeness (QED) is 0.693. The lowest BCUT2D eigenvalue weighted by Gasteiger charge is -2.58. The number of aliphatic hydroxyl groups is 1. The van der Waals surface area contributed by atoms with Crippen LogP contribution in [0.5, 0.6) is 0 Å². The monoisotopic (exact) mass is 310 g/mol. The van der Waals surface area contributed by atoms with Crippen molar-refractivity contribution in [2.75, 3.05) is 0 Å². The van der Waals surface area contributed by atoms with Gasteiger partial charge in [0.05, 0.1) is 6.10 Å². The van der Waals surface area contributed by atoms with E-state index in [1.54, 1.807) is 6.08 Å². The molecule has 0 heterocycles. The van der Waals surface area contributed by atoms with E-state index < -0.39 is 6.10 Å². The molecule has 0 saturated heterocycles. The highest BCUT2D eigenvalue weighted by molar-refractivity contribution is 5.91. The van der Waals surface area contributed by atoms with E-state index in [0.29, 0.717) is 24.2 Å². The standard InChI is InChI=1S/C21H26O2/c1-4-13-5-6-16-15-12-19(23)18-11-14(22)7-9-21(18,3)17(15)8-10-20(13,16)2/h1,5,11,15-17,19,23H,6-10,12H2,2-3H3. The summed E-state index contributed by atoms with van der Waals surface area (Å²) in [6.45, 7) is 4.62. The van der Waals surface area contributed by atoms with Gasteiger partial charge in [0.2, 0.25) is 0 Å². The first-order valence-electron chi connectivity index (χ1n) is 9.00. The van der Waals surface area contributed by atoms with Crippen molar-refractivity contribution in [1.82, 2.24) is 0 Å². The van der Waals surface area contributed by atoms with Gasteiger partial charge in [-0.2, -0.15) is 0 Å². The first-order valence-corrected chi connectivity index (χ1v) is 9.00. The van der Waals surface area contributed by atoms with Crippen molar-refractivity contribution in [3.63, 3.8) is 0 Å². The number of aliphatic hydroxyl groups excluding tert-OH is 1. The SMILES string of the molecule is C#CC1=CCC2C3CC(O)C4=CC(=O)CCC4(C)C3CCC12C. The van der Waals surface area contributed by atoms with Crippen LogP contribution in [-0.2, 0) is 4.79 Å². The molecule has 23 heavy (non-hydrogen) atoms. The molecule has 0 radical (unpaired) electrons. The largest absolute Gasteiger partial charge is 0.389 e. The Bertz CT molecular complexity index is 664. The van der Waals surface area contributed by atoms with Crippen molar-refractivity contribution < 1.29 is 9.90 Å². The van der Waals surface area contributed by atoms with Gasteiger partial charge in [-0.15, -0.1) is 6.42 Å². The molecule has 2 nitrogen and oxygen atoms in total. The average Bonchev–Trinajstić information content (AvgIpc) is 2.86. The maximum Gasteiger partial charge on any atom is 0.155 e. The molecule has 0 aliphatic heterocycles. The number of carbonyl (C=O) groups is 1. The number of carbonyl (C=O) groups excluding carboxylic acids is 1. The van der Waals surface area contributed by atoms with E-state index in [2.05, 4.69) is 25.8 Å². The highest BCUT2D eigenvalue weighted by Gasteiger charge is 2.58. The van der Waals surface area contributed by atoms with E-state index >= 15 is 0 Å². The Balaban J connectivity index is 1.73. The molecule has 4 aliphatic carbocycles. The average molecular weight is 310 g/mol. The predicted octanol–water partition coefficient (Wildman–Crippen LogP) is 3.66. The third-order valence-electron chi connectivity index (χ3n) is 7.71. The minimum atomic E-state index is -0.456. The Morgan fingerprint density at radius 2 is 2.04 bits per heavy atom. The molecular weight excluding hydrogens is 284 g/mol. The smallest absolute Gasteiger partial charge is 0.155 e. The van der Waals surface area contributed by atoms with Crippen molar-refractivity contribution >= 4 is 5.78 Å². The van der Waals surface area contributed by atoms with Gasteiger partial charge in [-0.25, -0.2) is 0 Å². The van der Waals surface area contributed by atoms with E-state index in [4.69, 9.17) is 6.42 Å². The van der Waals surface area contributed by atoms with Gasteiger partial charge < -0.3 is 5.11 Å². The summed E-state index contributed by atoms with van der Waals surface area (Å²) in [7, 11) is 0. The van der Waals surface area contributed by atoms with E-state index in [9.17, 15) is 9.90 Å². The molecule has 2 heteroatoms. The molecule has 6 unspecified atom stereocenters. The zero-order valence-electron chi connectivity index (χ0n) is 14.1. The van der Waals surface area contributed by atoms with Crippen LogP contribution in [0.15, 0.2) is 23.3 Å². The van der Waals surface area contributed by atoms with Gasteiger partial charge in [-0.05, 0) is 66.9 Å². The van der Waals surface area contributed by atoms with Crippen LogP contribution in [0, 0.1) is 40.9 Å². The summed E-state index contributed by atoms with van der Waals surface area (Å²) in [5, 5.41) is 10.8. The molecule has 0 spiro atoms. The molecule has 0 aromatic carbocycles. The summed E-state index contributed by atoms with van der Waals surface area (Å²) >= 11 is 0. The molecule has 2 fully saturated rings. The molecule has 1 N–H and O–H groups in total. The summed E-state index contributed by atoms with van der Waals surface area (Å²) in [4.78, 5) is 11.9. The topological polar surface area (TPSA) is 37.3 Å². The third kappa shape index (κ3) is 1.89. The molecule has 2 saturated carbocycles. The molecule has 4 rings (SSSR count). The highest BCUT2D eigenvalue weighted by atomic mass is 16.3. The maximum absolute atomic E-state index is 11.9. The van der Waals surface area contributed by atoms with Gasteiger partial charge in [-0.1, -0.05) is 25.8 Å². The number of rotatable bonds is 0. The number of terminal acetylenes is 1. The fourth-order valence-corrected chi connectivity index (χ4v) is 6.40. The Hall–Kier alpha value is -1.33. The predicted molar refractivity (Wildman–Crippen MR) is 90.4 cm³/mol. The van der Waals surface area contributed by atoms with Crippen LogP contribution < -0.4 is 0 Å². The maximum atomic E-state index is 11.9. The molecule has 0 amide bonds. The van der Waals surface area contributed by atoms with E-state index in [0.717, 1.165) is 37.7 Å². The van der Waals surface area contributed by atoms with E-state index in [1.807, 2.05) is 0 Å². The highest BCUT2D eigenvalue weighted by Crippen LogP contribution is 2.65. The Morgan fingerprint density at radius 1 is 1.26 bits per heavy atom. The summed E-state index contributed by atoms with van der Waals surface area (Å²) in [5.74, 6) is 4.76. The van der Waals surface area contributed by atoms with E-state index in [1.165, 1.54) is 5.57 Å². The lowest BCUT2D eigenvalue weighted by molar-refractivity contribution is -0.118. The van der Waals surface area contributed by atoms with Gasteiger partial charge >= 0.3 is 0 Å². The van der Waals surface area contributed by atoms with E-state index in [-0.39, 0.29) is 16.6 Å². The minimum Gasteiger partial charge on any atom is -0.389 e. The zero-order chi connectivity index (χ0) is 16.4. The number of ketones is 1. The molecule has 4 aliphatic rings. The summed E-state index contributed by atoms with van der Waals surface area (Å²) < 4.78 is 0. The van der Waals surface area contributed by atoms with Crippen LogP contribution in [0.1, 0.15) is 52.4 Å². The van der Waals surface area contributed by atoms with Crippen molar-refractivity contribution in [2.45, 2.75) is 58.5 Å². The van der Waals surface area contributed by atoms with Crippen molar-refractivity contribution in [2.24, 2.45) is 28.6 Å². The fraction of sp³-hybridized carbons (Fsp3) is 0.667. The second-order valence-corrected chi connectivity index (χ2v) is 8.57. The molecule has 0 aromatic rings. The van der Waals surface area contributed by atoms with Crippen LogP contribution in [0.25, 0.3) is 0 Å². The second-order valence-electron chi connectivity index (χ2n) is 8.57. The fourth-order valence-electron chi connectivity index (χ4n) is 6.40. The van der Waals surface area contributed by atoms with Crippen LogP contribution in [0.2, 0.25) is 0 Å². The summed E-state index contributed by atoms with van der Waals surface area (Å²) in [6.07, 6.45) is 15.0. The molecule has 0 bridgehead atoms. The molecular formula is C21H26O2. The second kappa shape index (κ2) is 4.84. The lowest BCUT2D eigenvalue weighted by atomic mass is 9.46. The van der Waals surface area contributed by atoms with Gasteiger partial charge in [0.15, 0.2) is 5.78 Å². The number of hydrogen-bond acceptors (Lipinski definition) is 2. The molecule has 6 atom stereocenters. The summed E-state index contributed by atoms with van der Waals surface area (Å²) in [6, 6.07) is 0. The normalized spacial score (nSPS) is 48.5.